The Morgan fingerprint density at radius 2 is 2.50 bits per heavy atom. The number of aryl methyl sites for hydroxylation is 1. The van der Waals surface area contributed by atoms with Crippen molar-refractivity contribution in [3.63, 3.8) is 0 Å². The van der Waals surface area contributed by atoms with Gasteiger partial charge in [0.1, 0.15) is 0 Å². The van der Waals surface area contributed by atoms with Crippen LogP contribution in [0.15, 0.2) is 12.4 Å². The van der Waals surface area contributed by atoms with Crippen LogP contribution in [0.2, 0.25) is 0 Å². The summed E-state index contributed by atoms with van der Waals surface area (Å²) in [7, 11) is 1.78. The number of aromatic nitrogens is 2. The van der Waals surface area contributed by atoms with E-state index in [1.54, 1.807) is 24.1 Å². The largest absolute Gasteiger partial charge is 0.393 e. The van der Waals surface area contributed by atoms with E-state index in [2.05, 4.69) is 10.4 Å². The minimum atomic E-state index is -0.180. The lowest BCUT2D eigenvalue weighted by Crippen LogP contribution is -2.28. The highest BCUT2D eigenvalue weighted by atomic mass is 16.3. The molecular formula is C11H17N3O2. The third kappa shape index (κ3) is 2.61. The minimum absolute atomic E-state index is 0.0884. The predicted octanol–water partition coefficient (Wildman–Crippen LogP) is 0.311. The van der Waals surface area contributed by atoms with Crippen molar-refractivity contribution in [2.75, 3.05) is 6.54 Å². The third-order valence-electron chi connectivity index (χ3n) is 3.03. The van der Waals surface area contributed by atoms with Crippen LogP contribution in [0.5, 0.6) is 0 Å². The van der Waals surface area contributed by atoms with Gasteiger partial charge in [-0.2, -0.15) is 5.10 Å². The fourth-order valence-electron chi connectivity index (χ4n) is 2.11. The van der Waals surface area contributed by atoms with E-state index >= 15 is 0 Å². The van der Waals surface area contributed by atoms with Crippen molar-refractivity contribution >= 4 is 5.91 Å². The van der Waals surface area contributed by atoms with Gasteiger partial charge in [0.05, 0.1) is 17.9 Å². The van der Waals surface area contributed by atoms with Crippen molar-refractivity contribution in [2.45, 2.75) is 25.4 Å². The number of rotatable bonds is 3. The summed E-state index contributed by atoms with van der Waals surface area (Å²) in [5.41, 5.74) is 0.584. The van der Waals surface area contributed by atoms with Crippen LogP contribution < -0.4 is 5.32 Å². The van der Waals surface area contributed by atoms with Crippen LogP contribution in [-0.4, -0.2) is 33.4 Å². The summed E-state index contributed by atoms with van der Waals surface area (Å²) in [4.78, 5) is 11.7. The Morgan fingerprint density at radius 3 is 3.06 bits per heavy atom. The minimum Gasteiger partial charge on any atom is -0.393 e. The molecule has 0 aliphatic heterocycles. The molecule has 1 saturated carbocycles. The number of carbonyl (C=O) groups excluding carboxylic acids is 1. The van der Waals surface area contributed by atoms with Gasteiger partial charge in [-0.1, -0.05) is 0 Å². The molecule has 88 valence electrons. The number of hydrogen-bond donors (Lipinski definition) is 2. The highest BCUT2D eigenvalue weighted by Crippen LogP contribution is 2.24. The van der Waals surface area contributed by atoms with Crippen LogP contribution in [0, 0.1) is 5.92 Å². The van der Waals surface area contributed by atoms with E-state index in [0.29, 0.717) is 18.0 Å². The molecule has 1 aliphatic carbocycles. The van der Waals surface area contributed by atoms with Crippen LogP contribution in [0.3, 0.4) is 0 Å². The van der Waals surface area contributed by atoms with Crippen molar-refractivity contribution < 1.29 is 9.90 Å². The van der Waals surface area contributed by atoms with Crippen molar-refractivity contribution in [3.05, 3.63) is 18.0 Å². The maximum atomic E-state index is 11.7. The summed E-state index contributed by atoms with van der Waals surface area (Å²) in [6.45, 7) is 0.644. The van der Waals surface area contributed by atoms with Gasteiger partial charge in [-0.05, 0) is 25.2 Å². The molecule has 1 aliphatic rings. The number of amides is 1. The second-order valence-corrected chi connectivity index (χ2v) is 4.45. The van der Waals surface area contributed by atoms with Crippen LogP contribution in [0.1, 0.15) is 29.6 Å². The molecule has 0 saturated heterocycles. The van der Waals surface area contributed by atoms with Crippen molar-refractivity contribution in [2.24, 2.45) is 13.0 Å². The number of carbonyl (C=O) groups is 1. The Bertz CT molecular complexity index is 375. The third-order valence-corrected chi connectivity index (χ3v) is 3.03. The van der Waals surface area contributed by atoms with Gasteiger partial charge in [-0.15, -0.1) is 0 Å². The second kappa shape index (κ2) is 4.65. The molecule has 0 bridgehead atoms. The topological polar surface area (TPSA) is 67.2 Å². The van der Waals surface area contributed by atoms with E-state index in [0.717, 1.165) is 19.3 Å². The molecule has 5 heteroatoms. The average Bonchev–Trinajstić information content (AvgIpc) is 2.84. The summed E-state index contributed by atoms with van der Waals surface area (Å²) >= 11 is 0. The lowest BCUT2D eigenvalue weighted by atomic mass is 10.1. The van der Waals surface area contributed by atoms with Gasteiger partial charge in [-0.25, -0.2) is 0 Å². The van der Waals surface area contributed by atoms with E-state index in [4.69, 9.17) is 0 Å². The predicted molar refractivity (Wildman–Crippen MR) is 58.9 cm³/mol. The molecule has 2 unspecified atom stereocenters. The Kier molecular flexibility index (Phi) is 3.24. The van der Waals surface area contributed by atoms with Gasteiger partial charge in [-0.3, -0.25) is 9.48 Å². The maximum Gasteiger partial charge on any atom is 0.254 e. The first-order chi connectivity index (χ1) is 7.65. The molecule has 1 heterocycles. The first-order valence-electron chi connectivity index (χ1n) is 5.60. The zero-order valence-corrected chi connectivity index (χ0v) is 9.39. The molecule has 0 spiro atoms. The molecule has 2 N–H and O–H groups in total. The van der Waals surface area contributed by atoms with Crippen LogP contribution in [0.25, 0.3) is 0 Å². The quantitative estimate of drug-likeness (QED) is 0.775. The molecule has 1 aromatic rings. The summed E-state index contributed by atoms with van der Waals surface area (Å²) in [5.74, 6) is 0.324. The van der Waals surface area contributed by atoms with E-state index < -0.39 is 0 Å². The maximum absolute atomic E-state index is 11.7. The SMILES string of the molecule is Cn1cc(C(=O)NCC2CCC(O)C2)cn1. The molecule has 0 aromatic carbocycles. The van der Waals surface area contributed by atoms with Crippen LogP contribution in [-0.2, 0) is 7.05 Å². The zero-order valence-electron chi connectivity index (χ0n) is 9.39. The standard InChI is InChI=1S/C11H17N3O2/c1-14-7-9(6-13-14)11(16)12-5-8-2-3-10(15)4-8/h6-8,10,15H,2-5H2,1H3,(H,12,16). The fourth-order valence-corrected chi connectivity index (χ4v) is 2.11. The second-order valence-electron chi connectivity index (χ2n) is 4.45. The summed E-state index contributed by atoms with van der Waals surface area (Å²) < 4.78 is 1.61. The number of nitrogens with zero attached hydrogens (tertiary/aromatic N) is 2. The summed E-state index contributed by atoms with van der Waals surface area (Å²) in [6, 6.07) is 0. The van der Waals surface area contributed by atoms with Gasteiger partial charge in [0.2, 0.25) is 0 Å². The molecule has 2 rings (SSSR count). The molecule has 1 aromatic heterocycles. The van der Waals surface area contributed by atoms with Crippen LogP contribution in [0.4, 0.5) is 0 Å². The normalized spacial score (nSPS) is 24.6. The number of aliphatic hydroxyl groups is 1. The Hall–Kier alpha value is -1.36. The lowest BCUT2D eigenvalue weighted by molar-refractivity contribution is 0.0945. The molecule has 0 radical (unpaired) electrons. The zero-order chi connectivity index (χ0) is 11.5. The van der Waals surface area contributed by atoms with Gasteiger partial charge in [0, 0.05) is 19.8 Å². The molecule has 1 amide bonds. The van der Waals surface area contributed by atoms with Crippen LogP contribution >= 0.6 is 0 Å². The number of nitrogens with one attached hydrogen (secondary N) is 1. The first kappa shape index (κ1) is 11.1. The molecule has 5 nitrogen and oxygen atoms in total. The van der Waals surface area contributed by atoms with Gasteiger partial charge < -0.3 is 10.4 Å². The van der Waals surface area contributed by atoms with E-state index in [1.165, 1.54) is 0 Å². The number of aliphatic hydroxyl groups excluding tert-OH is 1. The van der Waals surface area contributed by atoms with Crippen molar-refractivity contribution in [1.82, 2.24) is 15.1 Å². The van der Waals surface area contributed by atoms with Crippen molar-refractivity contribution in [3.8, 4) is 0 Å². The number of hydrogen-bond acceptors (Lipinski definition) is 3. The summed E-state index contributed by atoms with van der Waals surface area (Å²) in [5, 5.41) is 16.2. The molecule has 2 atom stereocenters. The van der Waals surface area contributed by atoms with Gasteiger partial charge in [0.15, 0.2) is 0 Å². The highest BCUT2D eigenvalue weighted by molar-refractivity contribution is 5.93. The molecule has 1 fully saturated rings. The van der Waals surface area contributed by atoms with Gasteiger partial charge >= 0.3 is 0 Å². The fraction of sp³-hybridized carbons (Fsp3) is 0.636. The summed E-state index contributed by atoms with van der Waals surface area (Å²) in [6.07, 6.45) is 5.72. The average molecular weight is 223 g/mol. The molecule has 16 heavy (non-hydrogen) atoms. The molecular weight excluding hydrogens is 206 g/mol. The first-order valence-corrected chi connectivity index (χ1v) is 5.60. The van der Waals surface area contributed by atoms with E-state index in [9.17, 15) is 9.90 Å². The smallest absolute Gasteiger partial charge is 0.254 e. The Labute approximate surface area is 94.5 Å². The van der Waals surface area contributed by atoms with Crippen molar-refractivity contribution in [1.29, 1.82) is 0 Å². The van der Waals surface area contributed by atoms with Gasteiger partial charge in [0.25, 0.3) is 5.91 Å². The Balaban J connectivity index is 1.80. The monoisotopic (exact) mass is 223 g/mol. The lowest BCUT2D eigenvalue weighted by Gasteiger charge is -2.09. The van der Waals surface area contributed by atoms with E-state index in [1.807, 2.05) is 0 Å². The Morgan fingerprint density at radius 1 is 1.69 bits per heavy atom. The highest BCUT2D eigenvalue weighted by Gasteiger charge is 2.23. The van der Waals surface area contributed by atoms with E-state index in [-0.39, 0.29) is 12.0 Å².